The summed E-state index contributed by atoms with van der Waals surface area (Å²) in [6, 6.07) is 17.2. The first-order chi connectivity index (χ1) is 19.4. The van der Waals surface area contributed by atoms with Crippen molar-refractivity contribution in [3.63, 3.8) is 0 Å². The van der Waals surface area contributed by atoms with Gasteiger partial charge in [-0.25, -0.2) is 4.98 Å². The number of hydrogen-bond donors (Lipinski definition) is 2. The molecule has 0 bridgehead atoms. The molecule has 0 atom stereocenters. The van der Waals surface area contributed by atoms with E-state index in [4.69, 9.17) is 25.8 Å². The summed E-state index contributed by atoms with van der Waals surface area (Å²) in [6.45, 7) is 0.428. The zero-order valence-electron chi connectivity index (χ0n) is 21.7. The van der Waals surface area contributed by atoms with E-state index in [9.17, 15) is 14.9 Å². The molecule has 3 aromatic carbocycles. The molecule has 11 heteroatoms. The van der Waals surface area contributed by atoms with Gasteiger partial charge in [0.25, 0.3) is 5.91 Å². The lowest BCUT2D eigenvalue weighted by molar-refractivity contribution is -0.385. The molecular weight excluding hydrogens is 536 g/mol. The van der Waals surface area contributed by atoms with Gasteiger partial charge in [0.15, 0.2) is 16.7 Å². The predicted octanol–water partition coefficient (Wildman–Crippen LogP) is 6.65. The topological polar surface area (TPSA) is 125 Å². The Hall–Kier alpha value is -4.83. The molecule has 1 aliphatic rings. The highest BCUT2D eigenvalue weighted by Gasteiger charge is 2.22. The quantitative estimate of drug-likeness (QED) is 0.101. The third-order valence-corrected chi connectivity index (χ3v) is 6.77. The fourth-order valence-electron chi connectivity index (χ4n) is 4.51. The van der Waals surface area contributed by atoms with E-state index in [0.717, 1.165) is 11.1 Å². The number of amides is 1. The average Bonchev–Trinajstić information content (AvgIpc) is 3.09. The number of fused-ring (bicyclic) bond motifs is 2. The van der Waals surface area contributed by atoms with Crippen LogP contribution < -0.4 is 24.8 Å². The van der Waals surface area contributed by atoms with Crippen LogP contribution in [0.15, 0.2) is 66.9 Å². The van der Waals surface area contributed by atoms with Crippen molar-refractivity contribution in [3.8, 4) is 28.4 Å². The van der Waals surface area contributed by atoms with Crippen LogP contribution in [0.5, 0.6) is 17.2 Å². The molecule has 0 aliphatic carbocycles. The predicted molar refractivity (Wildman–Crippen MR) is 152 cm³/mol. The molecule has 1 aromatic heterocycles. The Kier molecular flexibility index (Phi) is 7.70. The number of anilines is 3. The minimum Gasteiger partial charge on any atom is -0.496 e. The number of benzene rings is 3. The summed E-state index contributed by atoms with van der Waals surface area (Å²) in [7, 11) is 2.98. The Balaban J connectivity index is 1.38. The van der Waals surface area contributed by atoms with E-state index >= 15 is 0 Å². The average molecular weight is 561 g/mol. The summed E-state index contributed by atoms with van der Waals surface area (Å²) in [6.07, 6.45) is 2.93. The molecule has 1 aliphatic heterocycles. The molecule has 0 saturated heterocycles. The summed E-state index contributed by atoms with van der Waals surface area (Å²) in [5.41, 5.74) is 4.58. The van der Waals surface area contributed by atoms with Crippen LogP contribution in [0.25, 0.3) is 11.1 Å². The lowest BCUT2D eigenvalue weighted by atomic mass is 10.0. The number of methoxy groups -OCH3 is 2. The van der Waals surface area contributed by atoms with E-state index in [1.807, 2.05) is 18.2 Å². The second-order valence-electron chi connectivity index (χ2n) is 8.94. The zero-order chi connectivity index (χ0) is 28.2. The van der Waals surface area contributed by atoms with E-state index in [-0.39, 0.29) is 17.3 Å². The third kappa shape index (κ3) is 5.48. The van der Waals surface area contributed by atoms with Gasteiger partial charge in [-0.15, -0.1) is 0 Å². The zero-order valence-corrected chi connectivity index (χ0v) is 22.4. The molecule has 2 N–H and O–H groups in total. The fraction of sp³-hybridized carbons (Fsp3) is 0.172. The Bertz CT molecular complexity index is 1610. The molecule has 5 rings (SSSR count). The molecule has 4 aromatic rings. The number of carbonyl (C=O) groups excluding carboxylic acids is 1. The molecule has 10 nitrogen and oxygen atoms in total. The van der Waals surface area contributed by atoms with Gasteiger partial charge in [0.05, 0.1) is 48.4 Å². The largest absolute Gasteiger partial charge is 0.496 e. The van der Waals surface area contributed by atoms with Gasteiger partial charge in [0.2, 0.25) is 0 Å². The van der Waals surface area contributed by atoms with E-state index in [0.29, 0.717) is 64.3 Å². The standard InChI is InChI=1S/C29H25ClN4O6/c1-38-26-16-23-22(14-19(26)5-4-12-40-25-6-3-11-31-28(25)30)33-29(35)20-9-7-17(13-21(20)32-23)18-8-10-24(34(36)37)27(15-18)39-2/h3,6-11,13-16,32H,4-5,12H2,1-2H3,(H,33,35). The van der Waals surface area contributed by atoms with E-state index in [1.54, 1.807) is 49.7 Å². The monoisotopic (exact) mass is 560 g/mol. The summed E-state index contributed by atoms with van der Waals surface area (Å²) in [5, 5.41) is 17.9. The number of aryl methyl sites for hydroxylation is 1. The van der Waals surface area contributed by atoms with Crippen molar-refractivity contribution in [2.45, 2.75) is 12.8 Å². The number of nitro groups is 1. The van der Waals surface area contributed by atoms with Gasteiger partial charge in [0.1, 0.15) is 5.75 Å². The Morgan fingerprint density at radius 3 is 2.40 bits per heavy atom. The number of nitrogens with zero attached hydrogens (tertiary/aromatic N) is 2. The van der Waals surface area contributed by atoms with E-state index in [1.165, 1.54) is 13.2 Å². The molecule has 2 heterocycles. The molecule has 0 unspecified atom stereocenters. The van der Waals surface area contributed by atoms with Gasteiger partial charge in [0, 0.05) is 18.3 Å². The third-order valence-electron chi connectivity index (χ3n) is 6.48. The SMILES string of the molecule is COc1cc2c(cc1CCCOc1cccnc1Cl)NC(=O)c1ccc(-c3ccc([N+](=O)[O-])c(OC)c3)cc1N2. The second-order valence-corrected chi connectivity index (χ2v) is 9.30. The number of halogens is 1. The lowest BCUT2D eigenvalue weighted by Gasteiger charge is -2.15. The fourth-order valence-corrected chi connectivity index (χ4v) is 4.68. The number of carbonyl (C=O) groups is 1. The van der Waals surface area contributed by atoms with Crippen LogP contribution in [0, 0.1) is 10.1 Å². The van der Waals surface area contributed by atoms with Gasteiger partial charge >= 0.3 is 5.69 Å². The molecule has 0 spiro atoms. The lowest BCUT2D eigenvalue weighted by Crippen LogP contribution is -2.11. The normalized spacial score (nSPS) is 11.8. The highest BCUT2D eigenvalue weighted by atomic mass is 35.5. The highest BCUT2D eigenvalue weighted by molar-refractivity contribution is 6.30. The van der Waals surface area contributed by atoms with Crippen LogP contribution in [0.2, 0.25) is 5.15 Å². The number of nitro benzene ring substituents is 1. The molecule has 0 saturated carbocycles. The van der Waals surface area contributed by atoms with Crippen LogP contribution >= 0.6 is 11.6 Å². The van der Waals surface area contributed by atoms with Gasteiger partial charge in [-0.1, -0.05) is 17.7 Å². The Morgan fingerprint density at radius 1 is 0.900 bits per heavy atom. The number of aromatic nitrogens is 1. The summed E-state index contributed by atoms with van der Waals surface area (Å²) < 4.78 is 16.6. The van der Waals surface area contributed by atoms with Crippen molar-refractivity contribution in [3.05, 3.63) is 93.3 Å². The maximum atomic E-state index is 13.1. The van der Waals surface area contributed by atoms with Crippen molar-refractivity contribution in [2.24, 2.45) is 0 Å². The molecular formula is C29H25ClN4O6. The molecule has 40 heavy (non-hydrogen) atoms. The first kappa shape index (κ1) is 26.8. The van der Waals surface area contributed by atoms with E-state index in [2.05, 4.69) is 15.6 Å². The summed E-state index contributed by atoms with van der Waals surface area (Å²) >= 11 is 6.06. The maximum Gasteiger partial charge on any atom is 0.310 e. The number of hydrogen-bond acceptors (Lipinski definition) is 8. The minimum absolute atomic E-state index is 0.122. The van der Waals surface area contributed by atoms with Gasteiger partial charge in [-0.2, -0.15) is 0 Å². The summed E-state index contributed by atoms with van der Waals surface area (Å²) in [4.78, 5) is 27.9. The van der Waals surface area contributed by atoms with Crippen molar-refractivity contribution in [1.29, 1.82) is 0 Å². The van der Waals surface area contributed by atoms with Crippen molar-refractivity contribution in [1.82, 2.24) is 4.98 Å². The smallest absolute Gasteiger partial charge is 0.310 e. The van der Waals surface area contributed by atoms with Crippen LogP contribution in [-0.4, -0.2) is 36.6 Å². The van der Waals surface area contributed by atoms with Crippen LogP contribution in [0.3, 0.4) is 0 Å². The maximum absolute atomic E-state index is 13.1. The number of ether oxygens (including phenoxy) is 3. The number of nitrogens with one attached hydrogen (secondary N) is 2. The van der Waals surface area contributed by atoms with Crippen molar-refractivity contribution >= 4 is 40.3 Å². The molecule has 204 valence electrons. The first-order valence-corrected chi connectivity index (χ1v) is 12.7. The van der Waals surface area contributed by atoms with Crippen molar-refractivity contribution < 1.29 is 23.9 Å². The minimum atomic E-state index is -0.493. The molecule has 0 fully saturated rings. The number of pyridine rings is 1. The van der Waals surface area contributed by atoms with Gasteiger partial charge < -0.3 is 24.8 Å². The molecule has 1 amide bonds. The second kappa shape index (κ2) is 11.5. The van der Waals surface area contributed by atoms with Crippen LogP contribution in [-0.2, 0) is 6.42 Å². The first-order valence-electron chi connectivity index (χ1n) is 12.4. The summed E-state index contributed by atoms with van der Waals surface area (Å²) in [5.74, 6) is 1.08. The van der Waals surface area contributed by atoms with E-state index < -0.39 is 4.92 Å². The molecule has 0 radical (unpaired) electrons. The Labute approximate surface area is 235 Å². The highest BCUT2D eigenvalue weighted by Crippen LogP contribution is 2.40. The van der Waals surface area contributed by atoms with Crippen molar-refractivity contribution in [2.75, 3.05) is 31.5 Å². The van der Waals surface area contributed by atoms with Gasteiger partial charge in [-0.3, -0.25) is 14.9 Å². The Morgan fingerprint density at radius 2 is 1.65 bits per heavy atom. The van der Waals surface area contributed by atoms with Crippen LogP contribution in [0.1, 0.15) is 22.3 Å². The number of rotatable bonds is 9. The van der Waals surface area contributed by atoms with Gasteiger partial charge in [-0.05, 0) is 72.0 Å². The van der Waals surface area contributed by atoms with Crippen LogP contribution in [0.4, 0.5) is 22.7 Å².